The van der Waals surface area contributed by atoms with Crippen LogP contribution in [0.2, 0.25) is 0 Å². The maximum Gasteiger partial charge on any atom is 0.338 e. The molecule has 0 unspecified atom stereocenters. The minimum Gasteiger partial charge on any atom is -0.478 e. The van der Waals surface area contributed by atoms with Gasteiger partial charge >= 0.3 is 12.0 Å². The van der Waals surface area contributed by atoms with Crippen LogP contribution in [0.15, 0.2) is 48.5 Å². The van der Waals surface area contributed by atoms with Crippen LogP contribution in [-0.2, 0) is 5.41 Å². The second-order valence-electron chi connectivity index (χ2n) is 7.01. The number of carbonyl (C=O) groups excluding carboxylic acids is 1. The van der Waals surface area contributed by atoms with Crippen molar-refractivity contribution in [2.75, 3.05) is 10.6 Å². The summed E-state index contributed by atoms with van der Waals surface area (Å²) in [7, 11) is 0. The van der Waals surface area contributed by atoms with Crippen LogP contribution in [0.5, 0.6) is 0 Å². The Bertz CT molecular complexity index is 981. The lowest BCUT2D eigenvalue weighted by Gasteiger charge is -2.15. The molecule has 1 aromatic heterocycles. The number of nitrogens with one attached hydrogen (secondary N) is 2. The Labute approximate surface area is 155 Å². The van der Waals surface area contributed by atoms with Crippen LogP contribution in [0.4, 0.5) is 15.5 Å². The van der Waals surface area contributed by atoms with E-state index in [4.69, 9.17) is 0 Å². The Morgan fingerprint density at radius 1 is 1.00 bits per heavy atom. The molecule has 0 saturated heterocycles. The number of urea groups is 1. The van der Waals surface area contributed by atoms with Crippen molar-refractivity contribution in [3.05, 3.63) is 59.0 Å². The Balaban J connectivity index is 1.86. The first kappa shape index (κ1) is 17.9. The smallest absolute Gasteiger partial charge is 0.338 e. The van der Waals surface area contributed by atoms with E-state index in [1.807, 2.05) is 63.2 Å². The highest BCUT2D eigenvalue weighted by atomic mass is 32.1. The Hall–Kier alpha value is -2.86. The lowest BCUT2D eigenvalue weighted by Crippen LogP contribution is -2.20. The number of amides is 2. The van der Waals surface area contributed by atoms with Gasteiger partial charge in [-0.05, 0) is 22.9 Å². The number of hydrogen-bond acceptors (Lipinski definition) is 3. The van der Waals surface area contributed by atoms with Gasteiger partial charge in [-0.15, -0.1) is 11.3 Å². The molecule has 5 nitrogen and oxygen atoms in total. The number of carbonyl (C=O) groups is 2. The van der Waals surface area contributed by atoms with Crippen LogP contribution in [0.25, 0.3) is 10.8 Å². The van der Waals surface area contributed by atoms with Crippen molar-refractivity contribution in [2.24, 2.45) is 0 Å². The quantitative estimate of drug-likeness (QED) is 0.568. The molecule has 0 fully saturated rings. The second-order valence-corrected chi connectivity index (χ2v) is 8.07. The van der Waals surface area contributed by atoms with Crippen molar-refractivity contribution in [3.8, 4) is 0 Å². The maximum absolute atomic E-state index is 12.5. The highest BCUT2D eigenvalue weighted by molar-refractivity contribution is 7.16. The molecule has 0 atom stereocenters. The molecule has 134 valence electrons. The van der Waals surface area contributed by atoms with Crippen LogP contribution in [0.1, 0.15) is 36.0 Å². The molecule has 1 heterocycles. The van der Waals surface area contributed by atoms with Crippen molar-refractivity contribution >= 4 is 44.8 Å². The molecule has 2 aromatic carbocycles. The van der Waals surface area contributed by atoms with Gasteiger partial charge in [-0.3, -0.25) is 5.32 Å². The third-order valence-electron chi connectivity index (χ3n) is 3.97. The number of anilines is 2. The van der Waals surface area contributed by atoms with Gasteiger partial charge in [0.05, 0.1) is 11.3 Å². The summed E-state index contributed by atoms with van der Waals surface area (Å²) in [5.41, 5.74) is 0.582. The van der Waals surface area contributed by atoms with Crippen LogP contribution >= 0.6 is 11.3 Å². The number of fused-ring (bicyclic) bond motifs is 1. The zero-order valence-electron chi connectivity index (χ0n) is 14.8. The van der Waals surface area contributed by atoms with E-state index in [1.54, 1.807) is 6.07 Å². The summed E-state index contributed by atoms with van der Waals surface area (Å²) in [4.78, 5) is 24.9. The van der Waals surface area contributed by atoms with Gasteiger partial charge in [-0.1, -0.05) is 57.2 Å². The number of carboxylic acids is 1. The van der Waals surface area contributed by atoms with Gasteiger partial charge in [0.15, 0.2) is 0 Å². The van der Waals surface area contributed by atoms with Crippen molar-refractivity contribution in [1.29, 1.82) is 0 Å². The molecular formula is C20H20N2O3S. The van der Waals surface area contributed by atoms with Gasteiger partial charge in [0, 0.05) is 10.3 Å². The fourth-order valence-corrected chi connectivity index (χ4v) is 3.71. The first-order valence-corrected chi connectivity index (χ1v) is 9.01. The maximum atomic E-state index is 12.5. The van der Waals surface area contributed by atoms with Crippen LogP contribution in [-0.4, -0.2) is 17.1 Å². The van der Waals surface area contributed by atoms with Crippen LogP contribution in [0, 0.1) is 0 Å². The van der Waals surface area contributed by atoms with E-state index < -0.39 is 12.0 Å². The first-order valence-electron chi connectivity index (χ1n) is 8.19. The summed E-state index contributed by atoms with van der Waals surface area (Å²) in [6.45, 7) is 6.01. The number of thiophene rings is 1. The van der Waals surface area contributed by atoms with Crippen LogP contribution < -0.4 is 10.6 Å². The first-order chi connectivity index (χ1) is 12.3. The van der Waals surface area contributed by atoms with Gasteiger partial charge in [0.1, 0.15) is 5.00 Å². The summed E-state index contributed by atoms with van der Waals surface area (Å²) < 4.78 is 0. The lowest BCUT2D eigenvalue weighted by molar-refractivity contribution is 0.0698. The molecule has 2 amide bonds. The standard InChI is InChI=1S/C20H20N2O3S/c1-20(2,3)16-11-14(18(23)24)17(26-16)22-19(25)21-15-10-6-8-12-7-4-5-9-13(12)15/h4-11H,1-3H3,(H,23,24)(H2,21,22,25). The molecule has 0 aliphatic rings. The predicted octanol–water partition coefficient (Wildman–Crippen LogP) is 5.54. The Morgan fingerprint density at radius 2 is 1.69 bits per heavy atom. The van der Waals surface area contributed by atoms with E-state index in [9.17, 15) is 14.7 Å². The largest absolute Gasteiger partial charge is 0.478 e. The van der Waals surface area contributed by atoms with Gasteiger partial charge in [0.2, 0.25) is 0 Å². The molecule has 6 heteroatoms. The number of hydrogen-bond donors (Lipinski definition) is 3. The predicted molar refractivity (Wildman–Crippen MR) is 107 cm³/mol. The molecule has 0 aliphatic carbocycles. The topological polar surface area (TPSA) is 78.4 Å². The number of benzene rings is 2. The molecule has 0 radical (unpaired) electrons. The molecule has 3 rings (SSSR count). The third-order valence-corrected chi connectivity index (χ3v) is 5.44. The van der Waals surface area contributed by atoms with Gasteiger partial charge in [0.25, 0.3) is 0 Å². The Morgan fingerprint density at radius 3 is 2.38 bits per heavy atom. The number of carboxylic acid groups (broad SMARTS) is 1. The van der Waals surface area contributed by atoms with E-state index in [-0.39, 0.29) is 11.0 Å². The summed E-state index contributed by atoms with van der Waals surface area (Å²) in [6, 6.07) is 14.5. The molecular weight excluding hydrogens is 348 g/mol. The van der Waals surface area contributed by atoms with E-state index in [0.717, 1.165) is 15.6 Å². The normalized spacial score (nSPS) is 11.3. The summed E-state index contributed by atoms with van der Waals surface area (Å²) in [5.74, 6) is -1.06. The summed E-state index contributed by atoms with van der Waals surface area (Å²) in [5, 5.41) is 17.2. The van der Waals surface area contributed by atoms with Crippen molar-refractivity contribution < 1.29 is 14.7 Å². The SMILES string of the molecule is CC(C)(C)c1cc(C(=O)O)c(NC(=O)Nc2cccc3ccccc23)s1. The fourth-order valence-electron chi connectivity index (χ4n) is 2.60. The average Bonchev–Trinajstić information content (AvgIpc) is 2.99. The third kappa shape index (κ3) is 3.70. The minimum atomic E-state index is -1.06. The highest BCUT2D eigenvalue weighted by Gasteiger charge is 2.23. The van der Waals surface area contributed by atoms with Crippen molar-refractivity contribution in [2.45, 2.75) is 26.2 Å². The van der Waals surface area contributed by atoms with E-state index in [1.165, 1.54) is 11.3 Å². The van der Waals surface area contributed by atoms with E-state index in [2.05, 4.69) is 10.6 Å². The number of rotatable bonds is 3. The molecule has 3 N–H and O–H groups in total. The minimum absolute atomic E-state index is 0.105. The zero-order chi connectivity index (χ0) is 18.9. The highest BCUT2D eigenvalue weighted by Crippen LogP contribution is 2.36. The summed E-state index contributed by atoms with van der Waals surface area (Å²) >= 11 is 1.28. The van der Waals surface area contributed by atoms with E-state index >= 15 is 0 Å². The van der Waals surface area contributed by atoms with Gasteiger partial charge in [-0.25, -0.2) is 9.59 Å². The van der Waals surface area contributed by atoms with Crippen LogP contribution in [0.3, 0.4) is 0 Å². The molecule has 0 bridgehead atoms. The molecule has 0 spiro atoms. The second kappa shape index (κ2) is 6.80. The molecule has 3 aromatic rings. The Kier molecular flexibility index (Phi) is 4.70. The number of aromatic carboxylic acids is 1. The summed E-state index contributed by atoms with van der Waals surface area (Å²) in [6.07, 6.45) is 0. The zero-order valence-corrected chi connectivity index (χ0v) is 15.6. The van der Waals surface area contributed by atoms with E-state index in [0.29, 0.717) is 10.7 Å². The lowest BCUT2D eigenvalue weighted by atomic mass is 9.94. The van der Waals surface area contributed by atoms with Gasteiger partial charge < -0.3 is 10.4 Å². The van der Waals surface area contributed by atoms with Crippen molar-refractivity contribution in [3.63, 3.8) is 0 Å². The molecule has 0 aliphatic heterocycles. The monoisotopic (exact) mass is 368 g/mol. The molecule has 0 saturated carbocycles. The molecule has 26 heavy (non-hydrogen) atoms. The van der Waals surface area contributed by atoms with Crippen molar-refractivity contribution in [1.82, 2.24) is 0 Å². The van der Waals surface area contributed by atoms with Gasteiger partial charge in [-0.2, -0.15) is 0 Å². The fraction of sp³-hybridized carbons (Fsp3) is 0.200. The average molecular weight is 368 g/mol.